The Morgan fingerprint density at radius 1 is 1.26 bits per heavy atom. The number of hydrogen-bond donors (Lipinski definition) is 1. The average molecular weight is 262 g/mol. The van der Waals surface area contributed by atoms with Crippen LogP contribution >= 0.6 is 0 Å². The molecule has 0 spiro atoms. The first kappa shape index (κ1) is 13.6. The van der Waals surface area contributed by atoms with Gasteiger partial charge in [-0.2, -0.15) is 10.5 Å². The van der Waals surface area contributed by atoms with Crippen molar-refractivity contribution in [2.75, 3.05) is 32.7 Å². The highest BCUT2D eigenvalue weighted by Gasteiger charge is 2.35. The van der Waals surface area contributed by atoms with Crippen LogP contribution in [0.3, 0.4) is 0 Å². The summed E-state index contributed by atoms with van der Waals surface area (Å²) in [5.74, 6) is 0.467. The Balaban J connectivity index is 1.67. The molecule has 2 rings (SSSR count). The summed E-state index contributed by atoms with van der Waals surface area (Å²) < 4.78 is 0. The third-order valence-electron chi connectivity index (χ3n) is 4.22. The molecule has 0 aromatic heterocycles. The van der Waals surface area contributed by atoms with Crippen LogP contribution < -0.4 is 0 Å². The van der Waals surface area contributed by atoms with Crippen molar-refractivity contribution in [3.05, 3.63) is 0 Å². The fourth-order valence-corrected chi connectivity index (χ4v) is 2.68. The van der Waals surface area contributed by atoms with Crippen LogP contribution in [0.1, 0.15) is 19.3 Å². The van der Waals surface area contributed by atoms with Crippen molar-refractivity contribution in [2.45, 2.75) is 19.3 Å². The van der Waals surface area contributed by atoms with Gasteiger partial charge >= 0.3 is 6.09 Å². The quantitative estimate of drug-likeness (QED) is 0.822. The summed E-state index contributed by atoms with van der Waals surface area (Å²) in [4.78, 5) is 14.3. The van der Waals surface area contributed by atoms with Crippen molar-refractivity contribution in [2.24, 2.45) is 11.3 Å². The number of carboxylic acid groups (broad SMARTS) is 1. The van der Waals surface area contributed by atoms with Gasteiger partial charge in [0.1, 0.15) is 5.41 Å². The highest BCUT2D eigenvalue weighted by Crippen LogP contribution is 2.30. The van der Waals surface area contributed by atoms with Crippen molar-refractivity contribution in [1.82, 2.24) is 9.80 Å². The van der Waals surface area contributed by atoms with E-state index in [9.17, 15) is 4.79 Å². The third-order valence-corrected chi connectivity index (χ3v) is 4.22. The minimum absolute atomic E-state index is 0.467. The normalized spacial score (nSPS) is 23.2. The maximum Gasteiger partial charge on any atom is 0.407 e. The van der Waals surface area contributed by atoms with Gasteiger partial charge in [0.25, 0.3) is 0 Å². The zero-order chi connectivity index (χ0) is 13.9. The van der Waals surface area contributed by atoms with E-state index in [4.69, 9.17) is 15.6 Å². The van der Waals surface area contributed by atoms with Gasteiger partial charge in [0.15, 0.2) is 0 Å². The largest absolute Gasteiger partial charge is 0.465 e. The Bertz CT molecular complexity index is 407. The van der Waals surface area contributed by atoms with E-state index in [0.717, 1.165) is 26.1 Å². The van der Waals surface area contributed by atoms with Crippen molar-refractivity contribution < 1.29 is 9.90 Å². The molecule has 2 aliphatic rings. The van der Waals surface area contributed by atoms with Crippen LogP contribution in [-0.4, -0.2) is 53.7 Å². The van der Waals surface area contributed by atoms with Crippen LogP contribution in [0.2, 0.25) is 0 Å². The molecule has 2 saturated heterocycles. The average Bonchev–Trinajstić information content (AvgIpc) is 2.37. The predicted octanol–water partition coefficient (Wildman–Crippen LogP) is 1.12. The van der Waals surface area contributed by atoms with E-state index in [1.807, 2.05) is 0 Å². The second-order valence-electron chi connectivity index (χ2n) is 5.49. The molecule has 2 fully saturated rings. The van der Waals surface area contributed by atoms with E-state index >= 15 is 0 Å². The summed E-state index contributed by atoms with van der Waals surface area (Å²) in [6, 6.07) is 4.27. The zero-order valence-corrected chi connectivity index (χ0v) is 10.9. The first-order chi connectivity index (χ1) is 9.08. The lowest BCUT2D eigenvalue weighted by Gasteiger charge is -2.39. The maximum absolute atomic E-state index is 10.6. The van der Waals surface area contributed by atoms with Gasteiger partial charge in [-0.1, -0.05) is 0 Å². The van der Waals surface area contributed by atoms with Crippen LogP contribution in [0.5, 0.6) is 0 Å². The van der Waals surface area contributed by atoms with Gasteiger partial charge < -0.3 is 14.9 Å². The molecular formula is C13H18N4O2. The molecule has 0 atom stereocenters. The van der Waals surface area contributed by atoms with E-state index in [-0.39, 0.29) is 0 Å². The molecule has 1 N–H and O–H groups in total. The zero-order valence-electron chi connectivity index (χ0n) is 10.9. The number of hydrogen-bond acceptors (Lipinski definition) is 4. The highest BCUT2D eigenvalue weighted by molar-refractivity contribution is 5.65. The van der Waals surface area contributed by atoms with Gasteiger partial charge in [-0.05, 0) is 31.7 Å². The summed E-state index contributed by atoms with van der Waals surface area (Å²) in [7, 11) is 0. The molecule has 0 saturated carbocycles. The molecule has 102 valence electrons. The van der Waals surface area contributed by atoms with Gasteiger partial charge in [0, 0.05) is 26.2 Å². The highest BCUT2D eigenvalue weighted by atomic mass is 16.4. The molecule has 0 radical (unpaired) electrons. The summed E-state index contributed by atoms with van der Waals surface area (Å²) in [5.41, 5.74) is -0.785. The SMILES string of the molecule is N#CC1(C#N)CCN(CCC2CN(C(=O)O)C2)CC1. The Labute approximate surface area is 112 Å². The Hall–Kier alpha value is -1.79. The second-order valence-corrected chi connectivity index (χ2v) is 5.49. The van der Waals surface area contributed by atoms with E-state index in [1.54, 1.807) is 0 Å². The molecule has 19 heavy (non-hydrogen) atoms. The molecule has 2 aliphatic heterocycles. The predicted molar refractivity (Wildman–Crippen MR) is 67.0 cm³/mol. The molecule has 1 amide bonds. The van der Waals surface area contributed by atoms with Crippen LogP contribution in [0, 0.1) is 34.0 Å². The molecule has 0 aromatic carbocycles. The summed E-state index contributed by atoms with van der Waals surface area (Å²) in [6.45, 7) is 3.80. The second kappa shape index (κ2) is 5.46. The van der Waals surface area contributed by atoms with Gasteiger partial charge in [-0.3, -0.25) is 0 Å². The molecule has 0 bridgehead atoms. The van der Waals surface area contributed by atoms with Gasteiger partial charge in [0.05, 0.1) is 12.1 Å². The molecule has 6 heteroatoms. The Morgan fingerprint density at radius 2 is 1.84 bits per heavy atom. The number of carbonyl (C=O) groups is 1. The van der Waals surface area contributed by atoms with Crippen molar-refractivity contribution in [3.8, 4) is 12.1 Å². The van der Waals surface area contributed by atoms with Crippen molar-refractivity contribution >= 4 is 6.09 Å². The maximum atomic E-state index is 10.6. The first-order valence-electron chi connectivity index (χ1n) is 6.61. The van der Waals surface area contributed by atoms with Crippen molar-refractivity contribution in [3.63, 3.8) is 0 Å². The Morgan fingerprint density at radius 3 is 2.32 bits per heavy atom. The third kappa shape index (κ3) is 2.97. The minimum atomic E-state index is -0.831. The van der Waals surface area contributed by atoms with Gasteiger partial charge in [-0.15, -0.1) is 0 Å². The fraction of sp³-hybridized carbons (Fsp3) is 0.769. The van der Waals surface area contributed by atoms with E-state index in [0.29, 0.717) is 31.8 Å². The number of likely N-dealkylation sites (tertiary alicyclic amines) is 2. The van der Waals surface area contributed by atoms with Gasteiger partial charge in [0.2, 0.25) is 0 Å². The fourth-order valence-electron chi connectivity index (χ4n) is 2.68. The monoisotopic (exact) mass is 262 g/mol. The van der Waals surface area contributed by atoms with E-state index in [1.165, 1.54) is 4.90 Å². The van der Waals surface area contributed by atoms with Gasteiger partial charge in [-0.25, -0.2) is 4.79 Å². The number of piperidine rings is 1. The summed E-state index contributed by atoms with van der Waals surface area (Å²) in [5, 5.41) is 26.8. The first-order valence-corrected chi connectivity index (χ1v) is 6.61. The molecule has 0 aromatic rings. The topological polar surface area (TPSA) is 91.4 Å². The molecule has 0 aliphatic carbocycles. The van der Waals surface area contributed by atoms with Crippen LogP contribution in [0.15, 0.2) is 0 Å². The van der Waals surface area contributed by atoms with Crippen LogP contribution in [-0.2, 0) is 0 Å². The standard InChI is InChI=1S/C13H18N4O2/c14-9-13(10-15)2-5-16(6-3-13)4-1-11-7-17(8-11)12(18)19/h11H,1-8H2,(H,18,19). The molecule has 0 unspecified atom stereocenters. The summed E-state index contributed by atoms with van der Waals surface area (Å²) >= 11 is 0. The number of nitrogens with zero attached hydrogens (tertiary/aromatic N) is 4. The molecule has 2 heterocycles. The van der Waals surface area contributed by atoms with Crippen molar-refractivity contribution in [1.29, 1.82) is 10.5 Å². The smallest absolute Gasteiger partial charge is 0.407 e. The Kier molecular flexibility index (Phi) is 3.92. The van der Waals surface area contributed by atoms with E-state index in [2.05, 4.69) is 17.0 Å². The molecule has 6 nitrogen and oxygen atoms in total. The lowest BCUT2D eigenvalue weighted by atomic mass is 9.81. The lowest BCUT2D eigenvalue weighted by molar-refractivity contribution is 0.0691. The minimum Gasteiger partial charge on any atom is -0.465 e. The summed E-state index contributed by atoms with van der Waals surface area (Å²) in [6.07, 6.45) is 1.40. The van der Waals surface area contributed by atoms with E-state index < -0.39 is 11.5 Å². The van der Waals surface area contributed by atoms with Crippen LogP contribution in [0.4, 0.5) is 4.79 Å². The van der Waals surface area contributed by atoms with Crippen LogP contribution in [0.25, 0.3) is 0 Å². The number of nitriles is 2. The molecular weight excluding hydrogens is 244 g/mol. The number of amides is 1. The number of rotatable bonds is 3. The lowest BCUT2D eigenvalue weighted by Crippen LogP contribution is -2.50.